The van der Waals surface area contributed by atoms with Crippen molar-refractivity contribution in [2.75, 3.05) is 6.54 Å². The number of nitrogens with zero attached hydrogens (tertiary/aromatic N) is 2. The van der Waals surface area contributed by atoms with Gasteiger partial charge in [0, 0.05) is 18.9 Å². The van der Waals surface area contributed by atoms with Gasteiger partial charge >= 0.3 is 0 Å². The van der Waals surface area contributed by atoms with E-state index in [9.17, 15) is 13.6 Å². The summed E-state index contributed by atoms with van der Waals surface area (Å²) in [5, 5.41) is 10.6. The fourth-order valence-corrected chi connectivity index (χ4v) is 2.99. The van der Waals surface area contributed by atoms with E-state index in [2.05, 4.69) is 10.4 Å². The molecule has 3 aromatic rings. The Balaban J connectivity index is 1.78. The van der Waals surface area contributed by atoms with E-state index in [0.717, 1.165) is 17.7 Å². The minimum absolute atomic E-state index is 0.172. The maximum atomic E-state index is 13.7. The normalized spacial score (nSPS) is 12.1. The van der Waals surface area contributed by atoms with Crippen LogP contribution >= 0.6 is 11.3 Å². The number of amides is 1. The van der Waals surface area contributed by atoms with Crippen molar-refractivity contribution in [2.45, 2.75) is 6.04 Å². The van der Waals surface area contributed by atoms with Gasteiger partial charge < -0.3 is 5.32 Å². The van der Waals surface area contributed by atoms with Crippen molar-refractivity contribution in [2.24, 2.45) is 0 Å². The number of carbonyl (C=O) groups excluding carboxylic acids is 1. The third kappa shape index (κ3) is 3.29. The number of hydrogen-bond acceptors (Lipinski definition) is 3. The third-order valence-corrected chi connectivity index (χ3v) is 4.12. The molecule has 2 aromatic heterocycles. The first-order chi connectivity index (χ1) is 11.2. The standard InChI is InChI=1S/C16H13F2N3OS/c17-12-3-1-4-13(18)15(12)16(22)19-9-14(11-5-8-23-10-11)21-7-2-6-20-21/h1-8,10,14H,9H2,(H,19,22)/t14-/m0/s1. The van der Waals surface area contributed by atoms with Gasteiger partial charge in [0.15, 0.2) is 0 Å². The van der Waals surface area contributed by atoms with E-state index in [1.807, 2.05) is 16.8 Å². The fourth-order valence-electron chi connectivity index (χ4n) is 2.29. The molecule has 0 unspecified atom stereocenters. The summed E-state index contributed by atoms with van der Waals surface area (Å²) >= 11 is 1.53. The summed E-state index contributed by atoms with van der Waals surface area (Å²) in [6.07, 6.45) is 3.41. The number of thiophene rings is 1. The average molecular weight is 333 g/mol. The lowest BCUT2D eigenvalue weighted by molar-refractivity contribution is 0.0941. The van der Waals surface area contributed by atoms with Crippen molar-refractivity contribution in [3.8, 4) is 0 Å². The zero-order valence-electron chi connectivity index (χ0n) is 11.9. The van der Waals surface area contributed by atoms with Crippen LogP contribution in [0.3, 0.4) is 0 Å². The Morgan fingerprint density at radius 1 is 1.26 bits per heavy atom. The first-order valence-corrected chi connectivity index (χ1v) is 7.84. The lowest BCUT2D eigenvalue weighted by Crippen LogP contribution is -2.32. The monoisotopic (exact) mass is 333 g/mol. The van der Waals surface area contributed by atoms with Crippen LogP contribution in [0.1, 0.15) is 22.0 Å². The van der Waals surface area contributed by atoms with Crippen LogP contribution in [0.4, 0.5) is 8.78 Å². The first-order valence-electron chi connectivity index (χ1n) is 6.90. The predicted octanol–water partition coefficient (Wildman–Crippen LogP) is 3.24. The van der Waals surface area contributed by atoms with E-state index in [-0.39, 0.29) is 12.6 Å². The molecule has 1 amide bonds. The number of aromatic nitrogens is 2. The highest BCUT2D eigenvalue weighted by Gasteiger charge is 2.20. The van der Waals surface area contributed by atoms with Crippen LogP contribution in [-0.2, 0) is 0 Å². The number of hydrogen-bond donors (Lipinski definition) is 1. The van der Waals surface area contributed by atoms with Crippen LogP contribution in [0.2, 0.25) is 0 Å². The summed E-state index contributed by atoms with van der Waals surface area (Å²) in [6, 6.07) is 6.79. The van der Waals surface area contributed by atoms with Gasteiger partial charge in [-0.25, -0.2) is 8.78 Å². The minimum Gasteiger partial charge on any atom is -0.349 e. The Hall–Kier alpha value is -2.54. The fraction of sp³-hybridized carbons (Fsp3) is 0.125. The van der Waals surface area contributed by atoms with Gasteiger partial charge in [0.25, 0.3) is 5.91 Å². The largest absolute Gasteiger partial charge is 0.349 e. The lowest BCUT2D eigenvalue weighted by atomic mass is 10.1. The molecular weight excluding hydrogens is 320 g/mol. The average Bonchev–Trinajstić information content (AvgIpc) is 3.21. The van der Waals surface area contributed by atoms with Crippen LogP contribution in [-0.4, -0.2) is 22.2 Å². The topological polar surface area (TPSA) is 46.9 Å². The van der Waals surface area contributed by atoms with Crippen LogP contribution in [0.5, 0.6) is 0 Å². The lowest BCUT2D eigenvalue weighted by Gasteiger charge is -2.17. The molecule has 0 radical (unpaired) electrons. The van der Waals surface area contributed by atoms with Crippen molar-refractivity contribution in [3.05, 3.63) is 76.2 Å². The first kappa shape index (κ1) is 15.4. The molecule has 118 valence electrons. The van der Waals surface area contributed by atoms with E-state index in [4.69, 9.17) is 0 Å². The van der Waals surface area contributed by atoms with Gasteiger partial charge in [0.2, 0.25) is 0 Å². The maximum Gasteiger partial charge on any atom is 0.257 e. The second-order valence-corrected chi connectivity index (χ2v) is 5.65. The van der Waals surface area contributed by atoms with Crippen LogP contribution < -0.4 is 5.32 Å². The molecule has 4 nitrogen and oxygen atoms in total. The van der Waals surface area contributed by atoms with Gasteiger partial charge in [0.05, 0.1) is 6.04 Å². The van der Waals surface area contributed by atoms with E-state index in [0.29, 0.717) is 0 Å². The highest BCUT2D eigenvalue weighted by atomic mass is 32.1. The number of carbonyl (C=O) groups is 1. The second-order valence-electron chi connectivity index (χ2n) is 4.87. The SMILES string of the molecule is O=C(NC[C@@H](c1ccsc1)n1cccn1)c1c(F)cccc1F. The molecule has 2 heterocycles. The molecule has 1 aromatic carbocycles. The van der Waals surface area contributed by atoms with Crippen molar-refractivity contribution >= 4 is 17.2 Å². The summed E-state index contributed by atoms with van der Waals surface area (Å²) in [6.45, 7) is 0.172. The number of nitrogens with one attached hydrogen (secondary N) is 1. The molecule has 0 aliphatic carbocycles. The molecule has 0 bridgehead atoms. The molecule has 0 saturated heterocycles. The van der Waals surface area contributed by atoms with E-state index >= 15 is 0 Å². The van der Waals surface area contributed by atoms with Gasteiger partial charge in [-0.15, -0.1) is 0 Å². The summed E-state index contributed by atoms with van der Waals surface area (Å²) in [7, 11) is 0. The second kappa shape index (κ2) is 6.70. The number of halogens is 2. The Kier molecular flexibility index (Phi) is 4.47. The Morgan fingerprint density at radius 2 is 2.04 bits per heavy atom. The van der Waals surface area contributed by atoms with Crippen LogP contribution in [0.25, 0.3) is 0 Å². The van der Waals surface area contributed by atoms with Gasteiger partial charge in [-0.2, -0.15) is 16.4 Å². The van der Waals surface area contributed by atoms with Crippen LogP contribution in [0, 0.1) is 11.6 Å². The smallest absolute Gasteiger partial charge is 0.257 e. The van der Waals surface area contributed by atoms with Crippen molar-refractivity contribution in [1.82, 2.24) is 15.1 Å². The molecule has 0 fully saturated rings. The van der Waals surface area contributed by atoms with Gasteiger partial charge in [-0.1, -0.05) is 6.07 Å². The third-order valence-electron chi connectivity index (χ3n) is 3.42. The molecule has 23 heavy (non-hydrogen) atoms. The maximum absolute atomic E-state index is 13.7. The predicted molar refractivity (Wildman–Crippen MR) is 83.4 cm³/mol. The van der Waals surface area contributed by atoms with Gasteiger partial charge in [-0.3, -0.25) is 9.48 Å². The molecule has 0 aliphatic heterocycles. The Labute approximate surface area is 135 Å². The summed E-state index contributed by atoms with van der Waals surface area (Å²) in [4.78, 5) is 12.1. The number of benzene rings is 1. The van der Waals surface area contributed by atoms with Gasteiger partial charge in [-0.05, 0) is 40.6 Å². The van der Waals surface area contributed by atoms with Crippen molar-refractivity contribution in [1.29, 1.82) is 0 Å². The van der Waals surface area contributed by atoms with Gasteiger partial charge in [0.1, 0.15) is 17.2 Å². The molecular formula is C16H13F2N3OS. The molecule has 1 atom stereocenters. The summed E-state index contributed by atoms with van der Waals surface area (Å²) < 4.78 is 29.0. The Morgan fingerprint density at radius 3 is 2.65 bits per heavy atom. The zero-order chi connectivity index (χ0) is 16.2. The van der Waals surface area contributed by atoms with E-state index in [1.54, 1.807) is 23.1 Å². The van der Waals surface area contributed by atoms with Crippen LogP contribution in [0.15, 0.2) is 53.5 Å². The van der Waals surface area contributed by atoms with E-state index < -0.39 is 23.1 Å². The molecule has 7 heteroatoms. The van der Waals surface area contributed by atoms with E-state index in [1.165, 1.54) is 17.4 Å². The highest BCUT2D eigenvalue weighted by molar-refractivity contribution is 7.07. The molecule has 0 aliphatic rings. The Bertz CT molecular complexity index is 733. The molecule has 1 N–H and O–H groups in total. The molecule has 0 spiro atoms. The summed E-state index contributed by atoms with van der Waals surface area (Å²) in [5.41, 5.74) is 0.394. The van der Waals surface area contributed by atoms with Crippen molar-refractivity contribution in [3.63, 3.8) is 0 Å². The highest BCUT2D eigenvalue weighted by Crippen LogP contribution is 2.20. The quantitative estimate of drug-likeness (QED) is 0.779. The zero-order valence-corrected chi connectivity index (χ0v) is 12.8. The minimum atomic E-state index is -0.881. The molecule has 0 saturated carbocycles. The van der Waals surface area contributed by atoms with Crippen molar-refractivity contribution < 1.29 is 13.6 Å². The number of rotatable bonds is 5. The summed E-state index contributed by atoms with van der Waals surface area (Å²) in [5.74, 6) is -2.55. The molecule has 3 rings (SSSR count).